The molecule has 0 saturated heterocycles. The molecule has 0 aliphatic carbocycles. The Morgan fingerprint density at radius 2 is 2.30 bits per heavy atom. The standard InChI is InChI=1S/C8H6IN/c9-8-3-1-2-6-4-10-5-7(6)8/h1-3,5H,4H2. The molecule has 0 unspecified atom stereocenters. The van der Waals surface area contributed by atoms with Crippen LogP contribution in [0.2, 0.25) is 0 Å². The Morgan fingerprint density at radius 1 is 1.40 bits per heavy atom. The lowest BCUT2D eigenvalue weighted by Crippen LogP contribution is -1.86. The summed E-state index contributed by atoms with van der Waals surface area (Å²) in [5.41, 5.74) is 2.66. The lowest BCUT2D eigenvalue weighted by molar-refractivity contribution is 1.11. The van der Waals surface area contributed by atoms with Crippen molar-refractivity contribution < 1.29 is 0 Å². The molecule has 0 amide bonds. The molecule has 0 saturated carbocycles. The van der Waals surface area contributed by atoms with Gasteiger partial charge in [-0.1, -0.05) is 12.1 Å². The van der Waals surface area contributed by atoms with Gasteiger partial charge in [0.15, 0.2) is 0 Å². The van der Waals surface area contributed by atoms with Crippen LogP contribution in [0.15, 0.2) is 23.2 Å². The van der Waals surface area contributed by atoms with Crippen LogP contribution in [0.1, 0.15) is 11.1 Å². The second kappa shape index (κ2) is 2.34. The van der Waals surface area contributed by atoms with Gasteiger partial charge in [0.05, 0.1) is 6.54 Å². The van der Waals surface area contributed by atoms with E-state index in [1.165, 1.54) is 14.7 Å². The maximum atomic E-state index is 4.18. The first-order chi connectivity index (χ1) is 4.88. The highest BCUT2D eigenvalue weighted by Gasteiger charge is 2.07. The van der Waals surface area contributed by atoms with Crippen LogP contribution in [-0.4, -0.2) is 6.21 Å². The molecule has 2 heteroatoms. The third-order valence-corrected chi connectivity index (χ3v) is 2.57. The van der Waals surface area contributed by atoms with Gasteiger partial charge >= 0.3 is 0 Å². The van der Waals surface area contributed by atoms with E-state index in [0.717, 1.165) is 6.54 Å². The van der Waals surface area contributed by atoms with Crippen LogP contribution in [0, 0.1) is 3.57 Å². The molecule has 0 radical (unpaired) electrons. The van der Waals surface area contributed by atoms with Gasteiger partial charge in [0, 0.05) is 15.3 Å². The van der Waals surface area contributed by atoms with Crippen LogP contribution in [0.25, 0.3) is 0 Å². The lowest BCUT2D eigenvalue weighted by Gasteiger charge is -1.96. The van der Waals surface area contributed by atoms with E-state index in [4.69, 9.17) is 0 Å². The second-order valence-corrected chi connectivity index (χ2v) is 3.44. The van der Waals surface area contributed by atoms with Crippen LogP contribution in [0.4, 0.5) is 0 Å². The molecule has 1 nitrogen and oxygen atoms in total. The molecule has 1 heterocycles. The SMILES string of the molecule is Ic1cccc2c1C=NC2. The summed E-state index contributed by atoms with van der Waals surface area (Å²) in [6, 6.07) is 6.32. The molecule has 2 rings (SSSR count). The van der Waals surface area contributed by atoms with E-state index in [9.17, 15) is 0 Å². The van der Waals surface area contributed by atoms with E-state index >= 15 is 0 Å². The number of aliphatic imine (C=N–C) groups is 1. The molecule has 0 bridgehead atoms. The van der Waals surface area contributed by atoms with Gasteiger partial charge in [-0.05, 0) is 34.2 Å². The van der Waals surface area contributed by atoms with Crippen molar-refractivity contribution in [2.24, 2.45) is 4.99 Å². The van der Waals surface area contributed by atoms with Crippen molar-refractivity contribution in [3.05, 3.63) is 32.9 Å². The third-order valence-electron chi connectivity index (χ3n) is 1.63. The van der Waals surface area contributed by atoms with Gasteiger partial charge in [-0.3, -0.25) is 4.99 Å². The molecule has 1 aliphatic rings. The Kier molecular flexibility index (Phi) is 1.48. The number of benzene rings is 1. The quantitative estimate of drug-likeness (QED) is 0.619. The zero-order valence-corrected chi connectivity index (χ0v) is 7.50. The molecule has 0 aromatic heterocycles. The monoisotopic (exact) mass is 243 g/mol. The van der Waals surface area contributed by atoms with Gasteiger partial charge in [0.25, 0.3) is 0 Å². The third kappa shape index (κ3) is 0.868. The Hall–Kier alpha value is -0.380. The first-order valence-corrected chi connectivity index (χ1v) is 4.23. The fourth-order valence-corrected chi connectivity index (χ4v) is 1.79. The van der Waals surface area contributed by atoms with E-state index in [0.29, 0.717) is 0 Å². The Balaban J connectivity index is 2.67. The van der Waals surface area contributed by atoms with E-state index in [1.807, 2.05) is 6.21 Å². The zero-order valence-electron chi connectivity index (χ0n) is 5.34. The van der Waals surface area contributed by atoms with Crippen molar-refractivity contribution in [3.8, 4) is 0 Å². The van der Waals surface area contributed by atoms with Crippen LogP contribution in [0.3, 0.4) is 0 Å². The van der Waals surface area contributed by atoms with E-state index < -0.39 is 0 Å². The number of hydrogen-bond acceptors (Lipinski definition) is 1. The fourth-order valence-electron chi connectivity index (χ4n) is 1.10. The van der Waals surface area contributed by atoms with Crippen molar-refractivity contribution in [2.75, 3.05) is 0 Å². The minimum Gasteiger partial charge on any atom is -0.288 e. The summed E-state index contributed by atoms with van der Waals surface area (Å²) in [7, 11) is 0. The highest BCUT2D eigenvalue weighted by atomic mass is 127. The van der Waals surface area contributed by atoms with Gasteiger partial charge in [0.1, 0.15) is 0 Å². The number of hydrogen-bond donors (Lipinski definition) is 0. The molecule has 0 fully saturated rings. The van der Waals surface area contributed by atoms with Crippen molar-refractivity contribution in [2.45, 2.75) is 6.54 Å². The van der Waals surface area contributed by atoms with Gasteiger partial charge in [-0.2, -0.15) is 0 Å². The van der Waals surface area contributed by atoms with Crippen molar-refractivity contribution in [3.63, 3.8) is 0 Å². The largest absolute Gasteiger partial charge is 0.288 e. The van der Waals surface area contributed by atoms with Crippen molar-refractivity contribution >= 4 is 28.8 Å². The van der Waals surface area contributed by atoms with Crippen LogP contribution < -0.4 is 0 Å². The maximum absolute atomic E-state index is 4.18. The Labute approximate surface area is 73.3 Å². The van der Waals surface area contributed by atoms with Crippen molar-refractivity contribution in [1.82, 2.24) is 0 Å². The number of nitrogens with zero attached hydrogens (tertiary/aromatic N) is 1. The average molecular weight is 243 g/mol. The lowest BCUT2D eigenvalue weighted by atomic mass is 10.1. The molecule has 10 heavy (non-hydrogen) atoms. The van der Waals surface area contributed by atoms with Gasteiger partial charge < -0.3 is 0 Å². The summed E-state index contributed by atoms with van der Waals surface area (Å²) in [4.78, 5) is 4.18. The molecular formula is C8H6IN. The van der Waals surface area contributed by atoms with E-state index in [2.05, 4.69) is 45.8 Å². The molecular weight excluding hydrogens is 237 g/mol. The summed E-state index contributed by atoms with van der Waals surface area (Å²) >= 11 is 2.33. The Bertz CT molecular complexity index is 291. The summed E-state index contributed by atoms with van der Waals surface area (Å²) in [6.45, 7) is 0.867. The average Bonchev–Trinajstić information content (AvgIpc) is 2.36. The van der Waals surface area contributed by atoms with Crippen LogP contribution in [-0.2, 0) is 6.54 Å². The molecule has 0 spiro atoms. The molecule has 1 aliphatic heterocycles. The number of halogens is 1. The van der Waals surface area contributed by atoms with Gasteiger partial charge in [-0.15, -0.1) is 0 Å². The Morgan fingerprint density at radius 3 is 3.10 bits per heavy atom. The molecule has 50 valence electrons. The second-order valence-electron chi connectivity index (χ2n) is 2.28. The summed E-state index contributed by atoms with van der Waals surface area (Å²) in [5.74, 6) is 0. The van der Waals surface area contributed by atoms with Crippen molar-refractivity contribution in [1.29, 1.82) is 0 Å². The zero-order chi connectivity index (χ0) is 6.97. The first kappa shape index (κ1) is 6.34. The first-order valence-electron chi connectivity index (χ1n) is 3.15. The summed E-state index contributed by atoms with van der Waals surface area (Å²) in [6.07, 6.45) is 1.96. The van der Waals surface area contributed by atoms with Gasteiger partial charge in [0.2, 0.25) is 0 Å². The summed E-state index contributed by atoms with van der Waals surface area (Å²) < 4.78 is 1.30. The smallest absolute Gasteiger partial charge is 0.0646 e. The predicted molar refractivity (Wildman–Crippen MR) is 50.5 cm³/mol. The van der Waals surface area contributed by atoms with E-state index in [1.54, 1.807) is 0 Å². The minimum atomic E-state index is 0.867. The normalized spacial score (nSPS) is 13.7. The molecule has 0 atom stereocenters. The summed E-state index contributed by atoms with van der Waals surface area (Å²) in [5, 5.41) is 0. The number of fused-ring (bicyclic) bond motifs is 1. The van der Waals surface area contributed by atoms with Gasteiger partial charge in [-0.25, -0.2) is 0 Å². The highest BCUT2D eigenvalue weighted by Crippen LogP contribution is 2.19. The minimum absolute atomic E-state index is 0.867. The molecule has 1 aromatic rings. The van der Waals surface area contributed by atoms with Crippen LogP contribution in [0.5, 0.6) is 0 Å². The molecule has 1 aromatic carbocycles. The highest BCUT2D eigenvalue weighted by molar-refractivity contribution is 14.1. The fraction of sp³-hybridized carbons (Fsp3) is 0.125. The number of rotatable bonds is 0. The molecule has 0 N–H and O–H groups in total. The van der Waals surface area contributed by atoms with Crippen LogP contribution >= 0.6 is 22.6 Å². The van der Waals surface area contributed by atoms with E-state index in [-0.39, 0.29) is 0 Å². The maximum Gasteiger partial charge on any atom is 0.0646 e. The predicted octanol–water partition coefficient (Wildman–Crippen LogP) is 2.22. The topological polar surface area (TPSA) is 12.4 Å².